The van der Waals surface area contributed by atoms with Gasteiger partial charge in [-0.05, 0) is 5.56 Å². The van der Waals surface area contributed by atoms with Gasteiger partial charge in [-0.1, -0.05) is 30.3 Å². The molecule has 0 radical (unpaired) electrons. The van der Waals surface area contributed by atoms with E-state index in [9.17, 15) is 22.0 Å². The summed E-state index contributed by atoms with van der Waals surface area (Å²) >= 11 is 0. The van der Waals surface area contributed by atoms with Crippen LogP contribution in [0.1, 0.15) is 11.4 Å². The Hall–Kier alpha value is -2.25. The number of nitrogens with zero attached hydrogens (tertiary/aromatic N) is 2. The average molecular weight is 304 g/mol. The van der Waals surface area contributed by atoms with Gasteiger partial charge in [-0.2, -0.15) is 22.0 Å². The Balaban J connectivity index is 2.06. The highest BCUT2D eigenvalue weighted by atomic mass is 19.4. The van der Waals surface area contributed by atoms with Crippen molar-refractivity contribution in [2.24, 2.45) is 0 Å². The van der Waals surface area contributed by atoms with Crippen LogP contribution in [0.5, 0.6) is 5.75 Å². The van der Waals surface area contributed by atoms with Gasteiger partial charge in [-0.25, -0.2) is 9.97 Å². The van der Waals surface area contributed by atoms with Crippen LogP contribution in [0.2, 0.25) is 0 Å². The monoisotopic (exact) mass is 304 g/mol. The molecule has 0 spiro atoms. The zero-order chi connectivity index (χ0) is 15.5. The summed E-state index contributed by atoms with van der Waals surface area (Å²) in [6.07, 6.45) is -4.17. The van der Waals surface area contributed by atoms with Crippen molar-refractivity contribution >= 4 is 0 Å². The molecule has 0 atom stereocenters. The van der Waals surface area contributed by atoms with E-state index >= 15 is 0 Å². The highest BCUT2D eigenvalue weighted by molar-refractivity contribution is 5.18. The second-order valence-corrected chi connectivity index (χ2v) is 4.09. The fraction of sp³-hybridized carbons (Fsp3) is 0.231. The van der Waals surface area contributed by atoms with E-state index in [1.165, 1.54) is 0 Å². The number of hydrogen-bond acceptors (Lipinski definition) is 3. The van der Waals surface area contributed by atoms with Crippen LogP contribution in [0.15, 0.2) is 42.7 Å². The Morgan fingerprint density at radius 3 is 2.00 bits per heavy atom. The van der Waals surface area contributed by atoms with Crippen LogP contribution in [-0.4, -0.2) is 16.1 Å². The minimum Gasteiger partial charge on any atom is -0.486 e. The molecule has 0 bridgehead atoms. The molecule has 0 N–H and O–H groups in total. The Kier molecular flexibility index (Phi) is 4.06. The summed E-state index contributed by atoms with van der Waals surface area (Å²) in [5.41, 5.74) is 0.808. The molecule has 0 aliphatic heterocycles. The molecular formula is C13H9F5N2O. The van der Waals surface area contributed by atoms with E-state index in [0.717, 1.165) is 18.0 Å². The van der Waals surface area contributed by atoms with Gasteiger partial charge in [0.15, 0.2) is 5.75 Å². The normalized spacial score (nSPS) is 12.2. The van der Waals surface area contributed by atoms with Crippen LogP contribution in [0.3, 0.4) is 0 Å². The van der Waals surface area contributed by atoms with E-state index in [2.05, 4.69) is 9.97 Å². The highest BCUT2D eigenvalue weighted by Crippen LogP contribution is 2.42. The molecule has 1 aromatic carbocycles. The number of hydrogen-bond donors (Lipinski definition) is 0. The third-order valence-corrected chi connectivity index (χ3v) is 2.51. The number of ether oxygens (including phenoxy) is 1. The topological polar surface area (TPSA) is 35.0 Å². The summed E-state index contributed by atoms with van der Waals surface area (Å²) in [4.78, 5) is 6.05. The van der Waals surface area contributed by atoms with E-state index in [-0.39, 0.29) is 12.4 Å². The number of alkyl halides is 5. The lowest BCUT2D eigenvalue weighted by Crippen LogP contribution is -2.35. The Morgan fingerprint density at radius 1 is 0.905 bits per heavy atom. The number of halogens is 5. The first kappa shape index (κ1) is 15.1. The number of benzene rings is 1. The maximum Gasteiger partial charge on any atom is 0.461 e. The van der Waals surface area contributed by atoms with Crippen molar-refractivity contribution in [2.75, 3.05) is 0 Å². The molecule has 0 aliphatic rings. The smallest absolute Gasteiger partial charge is 0.461 e. The highest BCUT2D eigenvalue weighted by Gasteiger charge is 2.61. The predicted molar refractivity (Wildman–Crippen MR) is 62.8 cm³/mol. The lowest BCUT2D eigenvalue weighted by atomic mass is 10.2. The number of aromatic nitrogens is 2. The first-order valence-corrected chi connectivity index (χ1v) is 5.74. The molecule has 21 heavy (non-hydrogen) atoms. The molecule has 0 aliphatic carbocycles. The van der Waals surface area contributed by atoms with Gasteiger partial charge in [0, 0.05) is 0 Å². The lowest BCUT2D eigenvalue weighted by Gasteiger charge is -2.17. The fourth-order valence-electron chi connectivity index (χ4n) is 1.42. The molecular weight excluding hydrogens is 295 g/mol. The molecule has 1 aromatic heterocycles. The second-order valence-electron chi connectivity index (χ2n) is 4.09. The predicted octanol–water partition coefficient (Wildman–Crippen LogP) is 3.71. The summed E-state index contributed by atoms with van der Waals surface area (Å²) in [5.74, 6) is -6.70. The van der Waals surface area contributed by atoms with Crippen LogP contribution >= 0.6 is 0 Å². The molecule has 112 valence electrons. The average Bonchev–Trinajstić information content (AvgIpc) is 2.45. The van der Waals surface area contributed by atoms with Gasteiger partial charge in [0.05, 0.1) is 12.4 Å². The maximum absolute atomic E-state index is 13.0. The quantitative estimate of drug-likeness (QED) is 0.808. The minimum absolute atomic E-state index is 0.000535. The van der Waals surface area contributed by atoms with Crippen molar-refractivity contribution in [3.8, 4) is 5.75 Å². The molecule has 0 saturated carbocycles. The molecule has 0 unspecified atom stereocenters. The standard InChI is InChI=1S/C13H9F5N2O/c14-12(15,13(16,17)18)11-19-6-10(7-20-11)21-8-9-4-2-1-3-5-9/h1-7H,8H2. The third-order valence-electron chi connectivity index (χ3n) is 2.51. The van der Waals surface area contributed by atoms with Crippen LogP contribution in [0.25, 0.3) is 0 Å². The SMILES string of the molecule is FC(F)(F)C(F)(F)c1ncc(OCc2ccccc2)cn1. The lowest BCUT2D eigenvalue weighted by molar-refractivity contribution is -0.292. The molecule has 8 heteroatoms. The fourth-order valence-corrected chi connectivity index (χ4v) is 1.42. The first-order valence-electron chi connectivity index (χ1n) is 5.74. The van der Waals surface area contributed by atoms with Crippen LogP contribution < -0.4 is 4.74 Å². The van der Waals surface area contributed by atoms with Gasteiger partial charge in [-0.3, -0.25) is 0 Å². The van der Waals surface area contributed by atoms with Crippen molar-refractivity contribution < 1.29 is 26.7 Å². The van der Waals surface area contributed by atoms with E-state index in [0.29, 0.717) is 0 Å². The second kappa shape index (κ2) is 5.63. The molecule has 3 nitrogen and oxygen atoms in total. The zero-order valence-corrected chi connectivity index (χ0v) is 10.4. The van der Waals surface area contributed by atoms with Crippen molar-refractivity contribution in [3.63, 3.8) is 0 Å². The van der Waals surface area contributed by atoms with E-state index in [1.54, 1.807) is 30.3 Å². The summed E-state index contributed by atoms with van der Waals surface area (Å²) < 4.78 is 67.5. The summed E-state index contributed by atoms with van der Waals surface area (Å²) in [6, 6.07) is 8.91. The van der Waals surface area contributed by atoms with Crippen LogP contribution in [0.4, 0.5) is 22.0 Å². The molecule has 0 amide bonds. The minimum atomic E-state index is -5.74. The molecule has 0 fully saturated rings. The Labute approximate surface area is 116 Å². The summed E-state index contributed by atoms with van der Waals surface area (Å²) in [7, 11) is 0. The van der Waals surface area contributed by atoms with Gasteiger partial charge < -0.3 is 4.74 Å². The number of rotatable bonds is 4. The molecule has 2 aromatic rings. The van der Waals surface area contributed by atoms with Crippen molar-refractivity contribution in [2.45, 2.75) is 18.7 Å². The first-order chi connectivity index (χ1) is 9.80. The largest absolute Gasteiger partial charge is 0.486 e. The Bertz CT molecular complexity index is 584. The van der Waals surface area contributed by atoms with Crippen molar-refractivity contribution in [1.29, 1.82) is 0 Å². The van der Waals surface area contributed by atoms with Crippen LogP contribution in [-0.2, 0) is 12.5 Å². The van der Waals surface area contributed by atoms with Crippen LogP contribution in [0, 0.1) is 0 Å². The molecule has 2 rings (SSSR count). The summed E-state index contributed by atoms with van der Waals surface area (Å²) in [5, 5.41) is 0. The molecule has 1 heterocycles. The Morgan fingerprint density at radius 2 is 1.48 bits per heavy atom. The van der Waals surface area contributed by atoms with E-state index < -0.39 is 17.9 Å². The third kappa shape index (κ3) is 3.45. The maximum atomic E-state index is 13.0. The van der Waals surface area contributed by atoms with E-state index in [4.69, 9.17) is 4.74 Å². The van der Waals surface area contributed by atoms with Gasteiger partial charge in [-0.15, -0.1) is 0 Å². The molecule has 0 saturated heterocycles. The van der Waals surface area contributed by atoms with Gasteiger partial charge in [0.1, 0.15) is 6.61 Å². The van der Waals surface area contributed by atoms with Crippen molar-refractivity contribution in [1.82, 2.24) is 9.97 Å². The summed E-state index contributed by atoms with van der Waals surface area (Å²) in [6.45, 7) is 0.124. The van der Waals surface area contributed by atoms with Gasteiger partial charge in [0.25, 0.3) is 0 Å². The van der Waals surface area contributed by atoms with Crippen molar-refractivity contribution in [3.05, 3.63) is 54.1 Å². The van der Waals surface area contributed by atoms with E-state index in [1.807, 2.05) is 0 Å². The van der Waals surface area contributed by atoms with Gasteiger partial charge in [0.2, 0.25) is 5.82 Å². The zero-order valence-electron chi connectivity index (χ0n) is 10.4. The van der Waals surface area contributed by atoms with Gasteiger partial charge >= 0.3 is 12.1 Å².